The van der Waals surface area contributed by atoms with Gasteiger partial charge in [-0.1, -0.05) is 20.8 Å². The minimum Gasteiger partial charge on any atom is -0.382 e. The van der Waals surface area contributed by atoms with Crippen molar-refractivity contribution in [3.05, 3.63) is 18.3 Å². The van der Waals surface area contributed by atoms with Gasteiger partial charge in [0.25, 0.3) is 0 Å². The number of nitrogens with zero attached hydrogens (tertiary/aromatic N) is 1. The van der Waals surface area contributed by atoms with Crippen LogP contribution < -0.4 is 10.6 Å². The normalized spacial score (nSPS) is 19.1. The molecule has 0 atom stereocenters. The molecule has 0 aromatic carbocycles. The third kappa shape index (κ3) is 4.41. The van der Waals surface area contributed by atoms with Crippen LogP contribution in [0.5, 0.6) is 0 Å². The summed E-state index contributed by atoms with van der Waals surface area (Å²) in [6.45, 7) is 7.90. The Kier molecular flexibility index (Phi) is 4.67. The number of anilines is 2. The van der Waals surface area contributed by atoms with E-state index >= 15 is 0 Å². The van der Waals surface area contributed by atoms with Crippen LogP contribution in [0, 0.1) is 5.41 Å². The summed E-state index contributed by atoms with van der Waals surface area (Å²) in [6.07, 6.45) is 8.18. The Bertz CT molecular complexity index is 391. The van der Waals surface area contributed by atoms with Crippen LogP contribution in [0.25, 0.3) is 0 Å². The van der Waals surface area contributed by atoms with Gasteiger partial charge in [-0.15, -0.1) is 0 Å². The van der Waals surface area contributed by atoms with Crippen molar-refractivity contribution in [2.75, 3.05) is 17.2 Å². The van der Waals surface area contributed by atoms with E-state index in [9.17, 15) is 0 Å². The van der Waals surface area contributed by atoms with Crippen molar-refractivity contribution in [2.45, 2.75) is 58.9 Å². The molecule has 1 heterocycles. The number of aromatic nitrogens is 1. The van der Waals surface area contributed by atoms with E-state index in [2.05, 4.69) is 48.5 Å². The van der Waals surface area contributed by atoms with Gasteiger partial charge in [0.15, 0.2) is 0 Å². The van der Waals surface area contributed by atoms with Crippen molar-refractivity contribution in [1.29, 1.82) is 0 Å². The van der Waals surface area contributed by atoms with Gasteiger partial charge in [-0.2, -0.15) is 0 Å². The lowest BCUT2D eigenvalue weighted by atomic mass is 9.75. The Balaban J connectivity index is 1.89. The lowest BCUT2D eigenvalue weighted by molar-refractivity contribution is 0.232. The minimum atomic E-state index is 0.532. The first-order valence-electron chi connectivity index (χ1n) is 7.55. The van der Waals surface area contributed by atoms with E-state index in [0.29, 0.717) is 11.5 Å². The van der Waals surface area contributed by atoms with Crippen molar-refractivity contribution < 1.29 is 0 Å². The van der Waals surface area contributed by atoms with Gasteiger partial charge in [0, 0.05) is 30.5 Å². The highest BCUT2D eigenvalue weighted by atomic mass is 15.0. The van der Waals surface area contributed by atoms with E-state index in [4.69, 9.17) is 0 Å². The molecular weight excluding hydrogens is 234 g/mol. The lowest BCUT2D eigenvalue weighted by Crippen LogP contribution is -2.29. The molecular formula is C16H27N3. The van der Waals surface area contributed by atoms with Crippen molar-refractivity contribution in [3.63, 3.8) is 0 Å². The van der Waals surface area contributed by atoms with Crippen molar-refractivity contribution in [2.24, 2.45) is 5.41 Å². The quantitative estimate of drug-likeness (QED) is 0.830. The van der Waals surface area contributed by atoms with Gasteiger partial charge in [-0.05, 0) is 43.6 Å². The fraction of sp³-hybridized carbons (Fsp3) is 0.688. The summed E-state index contributed by atoms with van der Waals surface area (Å²) >= 11 is 0. The summed E-state index contributed by atoms with van der Waals surface area (Å²) in [7, 11) is 0. The zero-order valence-corrected chi connectivity index (χ0v) is 12.5. The summed E-state index contributed by atoms with van der Waals surface area (Å²) in [6, 6.07) is 4.81. The Morgan fingerprint density at radius 3 is 2.74 bits per heavy atom. The summed E-state index contributed by atoms with van der Waals surface area (Å²) in [5, 5.41) is 6.99. The first kappa shape index (κ1) is 14.2. The number of hydrogen-bond donors (Lipinski definition) is 2. The van der Waals surface area contributed by atoms with E-state index in [-0.39, 0.29) is 0 Å². The van der Waals surface area contributed by atoms with Crippen LogP contribution in [0.2, 0.25) is 0 Å². The number of nitrogens with one attached hydrogen (secondary N) is 2. The Labute approximate surface area is 117 Å². The molecule has 3 nitrogen and oxygen atoms in total. The second-order valence-corrected chi connectivity index (χ2v) is 6.44. The smallest absolute Gasteiger partial charge is 0.127 e. The highest BCUT2D eigenvalue weighted by Crippen LogP contribution is 2.36. The summed E-state index contributed by atoms with van der Waals surface area (Å²) in [4.78, 5) is 4.34. The van der Waals surface area contributed by atoms with E-state index in [1.54, 1.807) is 0 Å². The van der Waals surface area contributed by atoms with E-state index < -0.39 is 0 Å². The second kappa shape index (κ2) is 6.27. The Morgan fingerprint density at radius 1 is 1.32 bits per heavy atom. The van der Waals surface area contributed by atoms with Crippen LogP contribution in [-0.2, 0) is 0 Å². The number of hydrogen-bond acceptors (Lipinski definition) is 3. The van der Waals surface area contributed by atoms with Crippen LogP contribution in [0.4, 0.5) is 11.5 Å². The van der Waals surface area contributed by atoms with Crippen molar-refractivity contribution in [1.82, 2.24) is 4.98 Å². The van der Waals surface area contributed by atoms with E-state index in [1.807, 2.05) is 6.20 Å². The van der Waals surface area contributed by atoms with Gasteiger partial charge < -0.3 is 10.6 Å². The maximum Gasteiger partial charge on any atom is 0.127 e. The monoisotopic (exact) mass is 261 g/mol. The molecule has 0 spiro atoms. The molecule has 1 aliphatic carbocycles. The molecule has 1 aromatic heterocycles. The molecule has 1 saturated carbocycles. The van der Waals surface area contributed by atoms with Gasteiger partial charge in [0.1, 0.15) is 5.82 Å². The topological polar surface area (TPSA) is 37.0 Å². The Hall–Kier alpha value is -1.25. The molecule has 0 aliphatic heterocycles. The Morgan fingerprint density at radius 2 is 2.05 bits per heavy atom. The SMILES string of the molecule is CCCNc1cc(NC2CCC(C)(C)CC2)ccn1. The summed E-state index contributed by atoms with van der Waals surface area (Å²) in [5.74, 6) is 0.975. The molecule has 0 saturated heterocycles. The minimum absolute atomic E-state index is 0.532. The zero-order chi connectivity index (χ0) is 13.7. The third-order valence-corrected chi connectivity index (χ3v) is 4.03. The van der Waals surface area contributed by atoms with Crippen LogP contribution >= 0.6 is 0 Å². The molecule has 0 bridgehead atoms. The van der Waals surface area contributed by atoms with Gasteiger partial charge in [0.05, 0.1) is 0 Å². The molecule has 2 N–H and O–H groups in total. The van der Waals surface area contributed by atoms with Crippen molar-refractivity contribution >= 4 is 11.5 Å². The zero-order valence-electron chi connectivity index (χ0n) is 12.5. The lowest BCUT2D eigenvalue weighted by Gasteiger charge is -2.35. The summed E-state index contributed by atoms with van der Waals surface area (Å²) in [5.41, 5.74) is 1.72. The van der Waals surface area contributed by atoms with Crippen LogP contribution in [0.15, 0.2) is 18.3 Å². The molecule has 2 rings (SSSR count). The number of pyridine rings is 1. The van der Waals surface area contributed by atoms with Gasteiger partial charge in [0.2, 0.25) is 0 Å². The highest BCUT2D eigenvalue weighted by molar-refractivity contribution is 5.52. The average molecular weight is 261 g/mol. The molecule has 1 aromatic rings. The van der Waals surface area contributed by atoms with Crippen LogP contribution in [0.1, 0.15) is 52.9 Å². The van der Waals surface area contributed by atoms with Crippen LogP contribution in [-0.4, -0.2) is 17.6 Å². The second-order valence-electron chi connectivity index (χ2n) is 6.44. The van der Waals surface area contributed by atoms with E-state index in [1.165, 1.54) is 31.4 Å². The summed E-state index contributed by atoms with van der Waals surface area (Å²) < 4.78 is 0. The molecule has 0 unspecified atom stereocenters. The van der Waals surface area contributed by atoms with Gasteiger partial charge in [-0.3, -0.25) is 0 Å². The molecule has 3 heteroatoms. The maximum atomic E-state index is 4.34. The molecule has 19 heavy (non-hydrogen) atoms. The fourth-order valence-corrected chi connectivity index (χ4v) is 2.65. The molecule has 0 amide bonds. The first-order chi connectivity index (χ1) is 9.09. The molecule has 106 valence electrons. The standard InChI is InChI=1S/C16H27N3/c1-4-10-17-15-12-14(7-11-18-15)19-13-5-8-16(2,3)9-6-13/h7,11-13H,4-6,8-10H2,1-3H3,(H2,17,18,19). The van der Waals surface area contributed by atoms with Crippen molar-refractivity contribution in [3.8, 4) is 0 Å². The predicted octanol–water partition coefficient (Wildman–Crippen LogP) is 4.28. The molecule has 0 radical (unpaired) electrons. The van der Waals surface area contributed by atoms with Crippen LogP contribution in [0.3, 0.4) is 0 Å². The molecule has 1 aliphatic rings. The molecule has 1 fully saturated rings. The first-order valence-corrected chi connectivity index (χ1v) is 7.55. The average Bonchev–Trinajstić information content (AvgIpc) is 2.39. The van der Waals surface area contributed by atoms with Gasteiger partial charge in [-0.25, -0.2) is 4.98 Å². The number of rotatable bonds is 5. The predicted molar refractivity (Wildman–Crippen MR) is 82.7 cm³/mol. The van der Waals surface area contributed by atoms with E-state index in [0.717, 1.165) is 18.8 Å². The third-order valence-electron chi connectivity index (χ3n) is 4.03. The largest absolute Gasteiger partial charge is 0.382 e. The van der Waals surface area contributed by atoms with Gasteiger partial charge >= 0.3 is 0 Å². The fourth-order valence-electron chi connectivity index (χ4n) is 2.65. The maximum absolute atomic E-state index is 4.34. The highest BCUT2D eigenvalue weighted by Gasteiger charge is 2.26.